The second kappa shape index (κ2) is 4.63. The van der Waals surface area contributed by atoms with Crippen molar-refractivity contribution in [3.63, 3.8) is 0 Å². The summed E-state index contributed by atoms with van der Waals surface area (Å²) in [4.78, 5) is 16.1. The third-order valence-corrected chi connectivity index (χ3v) is 2.71. The quantitative estimate of drug-likeness (QED) is 0.620. The molecule has 7 heteroatoms. The molecule has 0 unspecified atom stereocenters. The highest BCUT2D eigenvalue weighted by Crippen LogP contribution is 2.26. The molecule has 1 aliphatic heterocycles. The zero-order valence-electron chi connectivity index (χ0n) is 8.52. The fraction of sp³-hybridized carbons (Fsp3) is 0.444. The molecule has 0 bridgehead atoms. The summed E-state index contributed by atoms with van der Waals surface area (Å²) in [5, 5.41) is 14.1. The third-order valence-electron chi connectivity index (χ3n) is 2.43. The van der Waals surface area contributed by atoms with Crippen LogP contribution in [0.15, 0.2) is 12.3 Å². The van der Waals surface area contributed by atoms with Gasteiger partial charge in [-0.05, 0) is 0 Å². The number of nitrogens with zero attached hydrogens (tertiary/aromatic N) is 3. The predicted octanol–water partition coefficient (Wildman–Crippen LogP) is 1.05. The molecule has 86 valence electrons. The van der Waals surface area contributed by atoms with E-state index in [4.69, 9.17) is 11.6 Å². The number of nitro groups is 1. The number of piperazine rings is 1. The lowest BCUT2D eigenvalue weighted by atomic mass is 10.3. The molecule has 0 spiro atoms. The van der Waals surface area contributed by atoms with E-state index in [9.17, 15) is 10.1 Å². The minimum Gasteiger partial charge on any atom is -0.353 e. The Morgan fingerprint density at radius 2 is 2.19 bits per heavy atom. The van der Waals surface area contributed by atoms with Gasteiger partial charge >= 0.3 is 0 Å². The van der Waals surface area contributed by atoms with Crippen LogP contribution in [0.5, 0.6) is 0 Å². The van der Waals surface area contributed by atoms with Gasteiger partial charge in [-0.3, -0.25) is 10.1 Å². The molecular formula is C9H11ClN4O2. The first-order valence-corrected chi connectivity index (χ1v) is 5.32. The van der Waals surface area contributed by atoms with Crippen LogP contribution < -0.4 is 10.2 Å². The molecule has 0 aliphatic carbocycles. The number of halogens is 1. The van der Waals surface area contributed by atoms with E-state index in [1.807, 2.05) is 4.90 Å². The number of nitrogens with one attached hydrogen (secondary N) is 1. The molecular weight excluding hydrogens is 232 g/mol. The summed E-state index contributed by atoms with van der Waals surface area (Å²) >= 11 is 5.98. The summed E-state index contributed by atoms with van der Waals surface area (Å²) in [5.41, 5.74) is -0.0797. The molecule has 1 aliphatic rings. The van der Waals surface area contributed by atoms with Crippen molar-refractivity contribution in [1.82, 2.24) is 10.3 Å². The number of anilines is 1. The van der Waals surface area contributed by atoms with Gasteiger partial charge in [0.05, 0.1) is 9.95 Å². The van der Waals surface area contributed by atoms with Gasteiger partial charge in [0.25, 0.3) is 5.69 Å². The summed E-state index contributed by atoms with van der Waals surface area (Å²) in [6, 6.07) is 1.34. The lowest BCUT2D eigenvalue weighted by Gasteiger charge is -2.28. The van der Waals surface area contributed by atoms with E-state index >= 15 is 0 Å². The molecule has 1 N–H and O–H groups in total. The van der Waals surface area contributed by atoms with Gasteiger partial charge in [0, 0.05) is 32.2 Å². The highest BCUT2D eigenvalue weighted by Gasteiger charge is 2.17. The largest absolute Gasteiger partial charge is 0.353 e. The van der Waals surface area contributed by atoms with E-state index in [1.54, 1.807) is 0 Å². The number of pyridine rings is 1. The molecule has 2 heterocycles. The van der Waals surface area contributed by atoms with Crippen molar-refractivity contribution in [3.05, 3.63) is 27.4 Å². The molecule has 0 saturated carbocycles. The minimum absolute atomic E-state index is 0.0797. The van der Waals surface area contributed by atoms with E-state index in [-0.39, 0.29) is 5.69 Å². The standard InChI is InChI=1S/C9H11ClN4O2/c10-8-5-7(14(15)16)6-12-9(8)13-3-1-11-2-4-13/h5-6,11H,1-4H2. The third kappa shape index (κ3) is 2.23. The number of aromatic nitrogens is 1. The van der Waals surface area contributed by atoms with Gasteiger partial charge in [-0.15, -0.1) is 0 Å². The van der Waals surface area contributed by atoms with Crippen LogP contribution in [0.4, 0.5) is 11.5 Å². The number of hydrogen-bond donors (Lipinski definition) is 1. The normalized spacial score (nSPS) is 16.2. The van der Waals surface area contributed by atoms with Crippen molar-refractivity contribution < 1.29 is 4.92 Å². The summed E-state index contributed by atoms with van der Waals surface area (Å²) in [5.74, 6) is 0.619. The Kier molecular flexibility index (Phi) is 3.21. The van der Waals surface area contributed by atoms with Crippen molar-refractivity contribution in [2.24, 2.45) is 0 Å². The molecule has 0 aromatic carbocycles. The fourth-order valence-corrected chi connectivity index (χ4v) is 1.91. The van der Waals surface area contributed by atoms with Gasteiger partial charge < -0.3 is 10.2 Å². The van der Waals surface area contributed by atoms with Crippen molar-refractivity contribution in [3.8, 4) is 0 Å². The minimum atomic E-state index is -0.500. The van der Waals surface area contributed by atoms with E-state index in [2.05, 4.69) is 10.3 Å². The SMILES string of the molecule is O=[N+]([O-])c1cnc(N2CCNCC2)c(Cl)c1. The molecule has 1 saturated heterocycles. The molecule has 1 aromatic rings. The van der Waals surface area contributed by atoms with Gasteiger partial charge in [-0.1, -0.05) is 11.6 Å². The molecule has 0 amide bonds. The van der Waals surface area contributed by atoms with Gasteiger partial charge in [-0.2, -0.15) is 0 Å². The Hall–Kier alpha value is -1.40. The summed E-state index contributed by atoms with van der Waals surface area (Å²) in [7, 11) is 0. The van der Waals surface area contributed by atoms with E-state index < -0.39 is 4.92 Å². The molecule has 1 aromatic heterocycles. The highest BCUT2D eigenvalue weighted by molar-refractivity contribution is 6.33. The predicted molar refractivity (Wildman–Crippen MR) is 61.0 cm³/mol. The maximum absolute atomic E-state index is 10.5. The molecule has 16 heavy (non-hydrogen) atoms. The monoisotopic (exact) mass is 242 g/mol. The molecule has 1 fully saturated rings. The lowest BCUT2D eigenvalue weighted by molar-refractivity contribution is -0.385. The average molecular weight is 243 g/mol. The van der Waals surface area contributed by atoms with Crippen LogP contribution in [0, 0.1) is 10.1 Å². The highest BCUT2D eigenvalue weighted by atomic mass is 35.5. The zero-order valence-corrected chi connectivity index (χ0v) is 9.28. The van der Waals surface area contributed by atoms with Crippen LogP contribution in [0.2, 0.25) is 5.02 Å². The molecule has 0 radical (unpaired) electrons. The van der Waals surface area contributed by atoms with Crippen LogP contribution in [0.1, 0.15) is 0 Å². The molecule has 2 rings (SSSR count). The summed E-state index contributed by atoms with van der Waals surface area (Å²) < 4.78 is 0. The lowest BCUT2D eigenvalue weighted by Crippen LogP contribution is -2.44. The van der Waals surface area contributed by atoms with Crippen molar-refractivity contribution in [2.75, 3.05) is 31.1 Å². The van der Waals surface area contributed by atoms with Crippen molar-refractivity contribution in [2.45, 2.75) is 0 Å². The topological polar surface area (TPSA) is 71.3 Å². The van der Waals surface area contributed by atoms with Gasteiger partial charge in [0.15, 0.2) is 0 Å². The van der Waals surface area contributed by atoms with E-state index in [0.29, 0.717) is 10.8 Å². The number of hydrogen-bond acceptors (Lipinski definition) is 5. The molecule has 0 atom stereocenters. The maximum atomic E-state index is 10.5. The first-order chi connectivity index (χ1) is 7.68. The van der Waals surface area contributed by atoms with E-state index in [0.717, 1.165) is 26.2 Å². The second-order valence-electron chi connectivity index (χ2n) is 3.49. The first kappa shape index (κ1) is 11.1. The Morgan fingerprint density at radius 3 is 2.75 bits per heavy atom. The maximum Gasteiger partial charge on any atom is 0.289 e. The fourth-order valence-electron chi connectivity index (χ4n) is 1.63. The van der Waals surface area contributed by atoms with Gasteiger partial charge in [-0.25, -0.2) is 4.98 Å². The Bertz CT molecular complexity index is 406. The Morgan fingerprint density at radius 1 is 1.50 bits per heavy atom. The smallest absolute Gasteiger partial charge is 0.289 e. The summed E-state index contributed by atoms with van der Waals surface area (Å²) in [6.45, 7) is 3.36. The first-order valence-electron chi connectivity index (χ1n) is 4.94. The zero-order chi connectivity index (χ0) is 11.5. The van der Waals surface area contributed by atoms with Crippen molar-refractivity contribution >= 4 is 23.1 Å². The van der Waals surface area contributed by atoms with Crippen LogP contribution in [0.25, 0.3) is 0 Å². The van der Waals surface area contributed by atoms with Crippen LogP contribution in [-0.2, 0) is 0 Å². The van der Waals surface area contributed by atoms with E-state index in [1.165, 1.54) is 12.3 Å². The van der Waals surface area contributed by atoms with Crippen molar-refractivity contribution in [1.29, 1.82) is 0 Å². The average Bonchev–Trinajstić information content (AvgIpc) is 2.30. The van der Waals surface area contributed by atoms with Crippen LogP contribution >= 0.6 is 11.6 Å². The Labute approximate surface area is 97.4 Å². The number of rotatable bonds is 2. The second-order valence-corrected chi connectivity index (χ2v) is 3.90. The van der Waals surface area contributed by atoms with Gasteiger partial charge in [0.1, 0.15) is 12.0 Å². The van der Waals surface area contributed by atoms with Crippen LogP contribution in [-0.4, -0.2) is 36.1 Å². The summed E-state index contributed by atoms with van der Waals surface area (Å²) in [6.07, 6.45) is 1.24. The Balaban J connectivity index is 2.24. The van der Waals surface area contributed by atoms with Gasteiger partial charge in [0.2, 0.25) is 0 Å². The molecule has 6 nitrogen and oxygen atoms in total. The van der Waals surface area contributed by atoms with Crippen LogP contribution in [0.3, 0.4) is 0 Å².